The molecule has 6 heteroatoms. The minimum absolute atomic E-state index is 0.154. The summed E-state index contributed by atoms with van der Waals surface area (Å²) in [7, 11) is 0. The molecule has 2 N–H and O–H groups in total. The maximum Gasteiger partial charge on any atom is 0.258 e. The van der Waals surface area contributed by atoms with Crippen LogP contribution in [0.25, 0.3) is 0 Å². The first-order chi connectivity index (χ1) is 11.7. The summed E-state index contributed by atoms with van der Waals surface area (Å²) in [4.78, 5) is 23.5. The number of benzene rings is 2. The van der Waals surface area contributed by atoms with Gasteiger partial charge in [0.2, 0.25) is 5.91 Å². The van der Waals surface area contributed by atoms with E-state index < -0.39 is 12.3 Å². The lowest BCUT2D eigenvalue weighted by molar-refractivity contribution is -0.152. The first-order valence-corrected chi connectivity index (χ1v) is 7.65. The van der Waals surface area contributed by atoms with Crippen LogP contribution in [0, 0.1) is 0 Å². The summed E-state index contributed by atoms with van der Waals surface area (Å²) < 4.78 is 11.0. The molecule has 1 fully saturated rings. The standard InChI is InChI=1S/C18H18N2O4/c21-15(12-23-14-9-5-2-6-10-14)19-16-17(22)20-18(16)24-11-13-7-3-1-4-8-13/h1-10,16,18H,11-12H2,(H,19,21)(H,20,22)/t16-,18+/m1/s1. The summed E-state index contributed by atoms with van der Waals surface area (Å²) in [6, 6.07) is 17.9. The highest BCUT2D eigenvalue weighted by Gasteiger charge is 2.41. The van der Waals surface area contributed by atoms with Gasteiger partial charge >= 0.3 is 0 Å². The van der Waals surface area contributed by atoms with Crippen molar-refractivity contribution in [2.24, 2.45) is 0 Å². The lowest BCUT2D eigenvalue weighted by Crippen LogP contribution is -2.70. The molecule has 2 aromatic rings. The van der Waals surface area contributed by atoms with Gasteiger partial charge in [0.05, 0.1) is 6.61 Å². The van der Waals surface area contributed by atoms with Crippen molar-refractivity contribution in [3.05, 3.63) is 66.2 Å². The van der Waals surface area contributed by atoms with E-state index in [1.54, 1.807) is 12.1 Å². The zero-order chi connectivity index (χ0) is 16.8. The van der Waals surface area contributed by atoms with E-state index in [2.05, 4.69) is 10.6 Å². The second-order valence-electron chi connectivity index (χ2n) is 5.37. The number of β-lactam (4-membered cyclic amide) rings is 1. The van der Waals surface area contributed by atoms with Crippen LogP contribution >= 0.6 is 0 Å². The molecule has 0 saturated carbocycles. The smallest absolute Gasteiger partial charge is 0.258 e. The Labute approximate surface area is 139 Å². The molecular formula is C18H18N2O4. The highest BCUT2D eigenvalue weighted by atomic mass is 16.5. The van der Waals surface area contributed by atoms with Crippen molar-refractivity contribution in [2.45, 2.75) is 18.9 Å². The average Bonchev–Trinajstić information content (AvgIpc) is 2.63. The van der Waals surface area contributed by atoms with Crippen LogP contribution in [-0.2, 0) is 20.9 Å². The van der Waals surface area contributed by atoms with Crippen LogP contribution in [-0.4, -0.2) is 30.7 Å². The number of nitrogens with one attached hydrogen (secondary N) is 2. The number of amides is 2. The molecule has 2 aromatic carbocycles. The van der Waals surface area contributed by atoms with E-state index in [0.717, 1.165) is 5.56 Å². The number of para-hydroxylation sites is 1. The first kappa shape index (κ1) is 16.0. The van der Waals surface area contributed by atoms with E-state index >= 15 is 0 Å². The van der Waals surface area contributed by atoms with Crippen LogP contribution in [0.2, 0.25) is 0 Å². The third-order valence-electron chi connectivity index (χ3n) is 3.57. The Hall–Kier alpha value is -2.86. The van der Waals surface area contributed by atoms with Crippen molar-refractivity contribution in [1.82, 2.24) is 10.6 Å². The molecule has 1 aliphatic heterocycles. The largest absolute Gasteiger partial charge is 0.484 e. The fourth-order valence-corrected chi connectivity index (χ4v) is 2.27. The second-order valence-corrected chi connectivity index (χ2v) is 5.37. The molecule has 1 heterocycles. The number of carbonyl (C=O) groups excluding carboxylic acids is 2. The second kappa shape index (κ2) is 7.61. The molecule has 0 aliphatic carbocycles. The van der Waals surface area contributed by atoms with E-state index in [0.29, 0.717) is 12.4 Å². The Bertz CT molecular complexity index is 691. The zero-order valence-electron chi connectivity index (χ0n) is 13.0. The maximum atomic E-state index is 11.9. The Morgan fingerprint density at radius 3 is 2.38 bits per heavy atom. The summed E-state index contributed by atoms with van der Waals surface area (Å²) in [5, 5.41) is 5.25. The number of hydrogen-bond acceptors (Lipinski definition) is 4. The van der Waals surface area contributed by atoms with E-state index in [1.165, 1.54) is 0 Å². The SMILES string of the molecule is O=C(COc1ccccc1)N[C@@H]1C(=O)N[C@H]1OCc1ccccc1. The summed E-state index contributed by atoms with van der Waals surface area (Å²) in [6.45, 7) is 0.206. The van der Waals surface area contributed by atoms with E-state index in [-0.39, 0.29) is 18.4 Å². The average molecular weight is 326 g/mol. The molecular weight excluding hydrogens is 308 g/mol. The minimum Gasteiger partial charge on any atom is -0.484 e. The summed E-state index contributed by atoms with van der Waals surface area (Å²) >= 11 is 0. The van der Waals surface area contributed by atoms with Gasteiger partial charge in [0, 0.05) is 0 Å². The number of rotatable bonds is 7. The molecule has 0 bridgehead atoms. The lowest BCUT2D eigenvalue weighted by Gasteiger charge is -2.36. The highest BCUT2D eigenvalue weighted by molar-refractivity contribution is 5.93. The Morgan fingerprint density at radius 2 is 1.71 bits per heavy atom. The van der Waals surface area contributed by atoms with Crippen molar-refractivity contribution < 1.29 is 19.1 Å². The van der Waals surface area contributed by atoms with E-state index in [4.69, 9.17) is 9.47 Å². The molecule has 6 nitrogen and oxygen atoms in total. The van der Waals surface area contributed by atoms with Crippen LogP contribution in [0.4, 0.5) is 0 Å². The fraction of sp³-hybridized carbons (Fsp3) is 0.222. The number of carbonyl (C=O) groups is 2. The molecule has 2 atom stereocenters. The van der Waals surface area contributed by atoms with Crippen molar-refractivity contribution in [3.63, 3.8) is 0 Å². The molecule has 1 saturated heterocycles. The van der Waals surface area contributed by atoms with E-state index in [1.807, 2.05) is 48.5 Å². The predicted molar refractivity (Wildman–Crippen MR) is 87.0 cm³/mol. The fourth-order valence-electron chi connectivity index (χ4n) is 2.27. The van der Waals surface area contributed by atoms with Crippen molar-refractivity contribution in [1.29, 1.82) is 0 Å². The van der Waals surface area contributed by atoms with Gasteiger partial charge < -0.3 is 20.1 Å². The third-order valence-corrected chi connectivity index (χ3v) is 3.57. The number of ether oxygens (including phenoxy) is 2. The van der Waals surface area contributed by atoms with Crippen molar-refractivity contribution in [3.8, 4) is 5.75 Å². The van der Waals surface area contributed by atoms with Crippen LogP contribution < -0.4 is 15.4 Å². The summed E-state index contributed by atoms with van der Waals surface area (Å²) in [5.41, 5.74) is 0.996. The van der Waals surface area contributed by atoms with Crippen LogP contribution in [0.3, 0.4) is 0 Å². The predicted octanol–water partition coefficient (Wildman–Crippen LogP) is 1.22. The molecule has 3 rings (SSSR count). The van der Waals surface area contributed by atoms with Crippen molar-refractivity contribution in [2.75, 3.05) is 6.61 Å². The molecule has 2 amide bonds. The monoisotopic (exact) mass is 326 g/mol. The third kappa shape index (κ3) is 4.11. The molecule has 0 spiro atoms. The first-order valence-electron chi connectivity index (χ1n) is 7.65. The molecule has 124 valence electrons. The van der Waals surface area contributed by atoms with Gasteiger partial charge in [0.25, 0.3) is 5.91 Å². The molecule has 24 heavy (non-hydrogen) atoms. The molecule has 0 unspecified atom stereocenters. The van der Waals surface area contributed by atoms with Gasteiger partial charge in [-0.25, -0.2) is 0 Å². The lowest BCUT2D eigenvalue weighted by atomic mass is 10.1. The Balaban J connectivity index is 1.44. The van der Waals surface area contributed by atoms with Gasteiger partial charge in [-0.3, -0.25) is 9.59 Å². The van der Waals surface area contributed by atoms with Gasteiger partial charge in [-0.1, -0.05) is 48.5 Å². The number of hydrogen-bond donors (Lipinski definition) is 2. The van der Waals surface area contributed by atoms with Gasteiger partial charge in [-0.2, -0.15) is 0 Å². The Kier molecular flexibility index (Phi) is 5.08. The summed E-state index contributed by atoms with van der Waals surface area (Å²) in [6.07, 6.45) is -0.529. The van der Waals surface area contributed by atoms with Crippen LogP contribution in [0.1, 0.15) is 5.56 Å². The van der Waals surface area contributed by atoms with Crippen LogP contribution in [0.15, 0.2) is 60.7 Å². The zero-order valence-corrected chi connectivity index (χ0v) is 13.0. The van der Waals surface area contributed by atoms with Crippen molar-refractivity contribution >= 4 is 11.8 Å². The molecule has 0 aromatic heterocycles. The quantitative estimate of drug-likeness (QED) is 0.750. The van der Waals surface area contributed by atoms with E-state index in [9.17, 15) is 9.59 Å². The topological polar surface area (TPSA) is 76.7 Å². The Morgan fingerprint density at radius 1 is 1.04 bits per heavy atom. The molecule has 1 aliphatic rings. The van der Waals surface area contributed by atoms with Gasteiger partial charge in [0.15, 0.2) is 18.9 Å². The van der Waals surface area contributed by atoms with Gasteiger partial charge in [-0.05, 0) is 17.7 Å². The minimum atomic E-state index is -0.694. The normalized spacial score (nSPS) is 19.1. The summed E-state index contributed by atoms with van der Waals surface area (Å²) in [5.74, 6) is -0.0317. The van der Waals surface area contributed by atoms with Gasteiger partial charge in [0.1, 0.15) is 5.75 Å². The van der Waals surface area contributed by atoms with Crippen LogP contribution in [0.5, 0.6) is 5.75 Å². The highest BCUT2D eigenvalue weighted by Crippen LogP contribution is 2.12. The maximum absolute atomic E-state index is 11.9. The molecule has 0 radical (unpaired) electrons. The van der Waals surface area contributed by atoms with Gasteiger partial charge in [-0.15, -0.1) is 0 Å².